The predicted molar refractivity (Wildman–Crippen MR) is 49.2 cm³/mol. The van der Waals surface area contributed by atoms with Gasteiger partial charge in [0.2, 0.25) is 11.8 Å². The molecular weight excluding hydrogens is 186 g/mol. The third-order valence-corrected chi connectivity index (χ3v) is 2.09. The maximum absolute atomic E-state index is 11.3. The van der Waals surface area contributed by atoms with Crippen molar-refractivity contribution in [2.75, 3.05) is 13.1 Å². The molecule has 1 aliphatic rings. The van der Waals surface area contributed by atoms with Crippen molar-refractivity contribution < 1.29 is 14.7 Å². The maximum atomic E-state index is 11.3. The van der Waals surface area contributed by atoms with E-state index in [2.05, 4.69) is 10.6 Å². The zero-order valence-electron chi connectivity index (χ0n) is 7.82. The van der Waals surface area contributed by atoms with Crippen molar-refractivity contribution in [3.63, 3.8) is 0 Å². The zero-order valence-corrected chi connectivity index (χ0v) is 7.82. The van der Waals surface area contributed by atoms with Crippen LogP contribution in [-0.2, 0) is 9.59 Å². The predicted octanol–water partition coefficient (Wildman–Crippen LogP) is -2.30. The zero-order chi connectivity index (χ0) is 10.6. The van der Waals surface area contributed by atoms with Crippen molar-refractivity contribution in [3.05, 3.63) is 0 Å². The van der Waals surface area contributed by atoms with Crippen LogP contribution in [0.2, 0.25) is 0 Å². The molecule has 0 aliphatic carbocycles. The molecule has 0 saturated carbocycles. The first-order valence-corrected chi connectivity index (χ1v) is 4.57. The first-order valence-electron chi connectivity index (χ1n) is 4.57. The lowest BCUT2D eigenvalue weighted by Crippen LogP contribution is -2.41. The van der Waals surface area contributed by atoms with Gasteiger partial charge in [-0.1, -0.05) is 0 Å². The quantitative estimate of drug-likeness (QED) is 0.410. The van der Waals surface area contributed by atoms with E-state index < -0.39 is 12.0 Å². The van der Waals surface area contributed by atoms with Crippen LogP contribution < -0.4 is 16.4 Å². The van der Waals surface area contributed by atoms with Crippen molar-refractivity contribution in [1.82, 2.24) is 10.6 Å². The number of nitrogens with two attached hydrogens (primary N) is 1. The minimum Gasteiger partial charge on any atom is -0.392 e. The van der Waals surface area contributed by atoms with Crippen molar-refractivity contribution >= 4 is 11.8 Å². The highest BCUT2D eigenvalue weighted by molar-refractivity contribution is 5.82. The Bertz CT molecular complexity index is 232. The van der Waals surface area contributed by atoms with Gasteiger partial charge in [-0.15, -0.1) is 0 Å². The van der Waals surface area contributed by atoms with E-state index in [1.807, 2.05) is 0 Å². The van der Waals surface area contributed by atoms with E-state index in [0.717, 1.165) is 0 Å². The standard InChI is InChI=1S/C8H15N3O3/c9-7(13)1-2-10-8(14)6-3-5(12)4-11-6/h5-6,11-12H,1-4H2,(H2,9,13)(H,10,14). The van der Waals surface area contributed by atoms with E-state index in [1.165, 1.54) is 0 Å². The van der Waals surface area contributed by atoms with E-state index in [9.17, 15) is 9.59 Å². The van der Waals surface area contributed by atoms with Gasteiger partial charge in [0.05, 0.1) is 12.1 Å². The molecule has 0 aromatic carbocycles. The molecule has 2 amide bonds. The van der Waals surface area contributed by atoms with Crippen LogP contribution in [0.3, 0.4) is 0 Å². The van der Waals surface area contributed by atoms with Gasteiger partial charge in [-0.3, -0.25) is 9.59 Å². The van der Waals surface area contributed by atoms with Gasteiger partial charge in [0.25, 0.3) is 0 Å². The monoisotopic (exact) mass is 201 g/mol. The lowest BCUT2D eigenvalue weighted by atomic mass is 10.2. The van der Waals surface area contributed by atoms with Gasteiger partial charge in [0.1, 0.15) is 0 Å². The Labute approximate surface area is 81.8 Å². The van der Waals surface area contributed by atoms with E-state index >= 15 is 0 Å². The molecule has 0 aromatic heterocycles. The van der Waals surface area contributed by atoms with Crippen molar-refractivity contribution in [1.29, 1.82) is 0 Å². The van der Waals surface area contributed by atoms with E-state index in [1.54, 1.807) is 0 Å². The summed E-state index contributed by atoms with van der Waals surface area (Å²) in [5, 5.41) is 14.6. The molecule has 0 spiro atoms. The van der Waals surface area contributed by atoms with Gasteiger partial charge in [0, 0.05) is 19.5 Å². The summed E-state index contributed by atoms with van der Waals surface area (Å²) in [4.78, 5) is 21.7. The van der Waals surface area contributed by atoms with Crippen molar-refractivity contribution in [2.24, 2.45) is 5.73 Å². The van der Waals surface area contributed by atoms with Gasteiger partial charge >= 0.3 is 0 Å². The molecule has 1 aliphatic heterocycles. The molecule has 0 bridgehead atoms. The molecule has 1 saturated heterocycles. The van der Waals surface area contributed by atoms with Crippen LogP contribution in [-0.4, -0.2) is 42.2 Å². The number of rotatable bonds is 4. The van der Waals surface area contributed by atoms with E-state index in [0.29, 0.717) is 13.0 Å². The summed E-state index contributed by atoms with van der Waals surface area (Å²) in [6.45, 7) is 0.691. The Morgan fingerprint density at radius 1 is 1.57 bits per heavy atom. The number of primary amides is 1. The Kier molecular flexibility index (Phi) is 3.84. The van der Waals surface area contributed by atoms with E-state index in [4.69, 9.17) is 10.8 Å². The van der Waals surface area contributed by atoms with Gasteiger partial charge < -0.3 is 21.5 Å². The molecule has 1 fully saturated rings. The summed E-state index contributed by atoms with van der Waals surface area (Å²) >= 11 is 0. The second kappa shape index (κ2) is 4.92. The summed E-state index contributed by atoms with van der Waals surface area (Å²) in [6, 6.07) is -0.349. The lowest BCUT2D eigenvalue weighted by molar-refractivity contribution is -0.123. The average Bonchev–Trinajstić information content (AvgIpc) is 2.51. The highest BCUT2D eigenvalue weighted by atomic mass is 16.3. The summed E-state index contributed by atoms with van der Waals surface area (Å²) in [7, 11) is 0. The van der Waals surface area contributed by atoms with E-state index in [-0.39, 0.29) is 24.9 Å². The van der Waals surface area contributed by atoms with Crippen LogP contribution in [0.4, 0.5) is 0 Å². The molecular formula is C8H15N3O3. The van der Waals surface area contributed by atoms with Gasteiger partial charge in [-0.25, -0.2) is 0 Å². The SMILES string of the molecule is NC(=O)CCNC(=O)C1CC(O)CN1. The number of hydrogen-bond donors (Lipinski definition) is 4. The van der Waals surface area contributed by atoms with Crippen LogP contribution in [0, 0.1) is 0 Å². The number of nitrogens with one attached hydrogen (secondary N) is 2. The number of aliphatic hydroxyl groups is 1. The largest absolute Gasteiger partial charge is 0.392 e. The molecule has 1 rings (SSSR count). The topological polar surface area (TPSA) is 104 Å². The van der Waals surface area contributed by atoms with Gasteiger partial charge in [-0.2, -0.15) is 0 Å². The highest BCUT2D eigenvalue weighted by Gasteiger charge is 2.27. The second-order valence-electron chi connectivity index (χ2n) is 3.36. The van der Waals surface area contributed by atoms with Crippen LogP contribution in [0.5, 0.6) is 0 Å². The molecule has 1 heterocycles. The van der Waals surface area contributed by atoms with Gasteiger partial charge in [-0.05, 0) is 6.42 Å². The highest BCUT2D eigenvalue weighted by Crippen LogP contribution is 2.05. The molecule has 2 unspecified atom stereocenters. The van der Waals surface area contributed by atoms with Crippen LogP contribution in [0.1, 0.15) is 12.8 Å². The smallest absolute Gasteiger partial charge is 0.237 e. The number of amides is 2. The average molecular weight is 201 g/mol. The number of carbonyl (C=O) groups excluding carboxylic acids is 2. The van der Waals surface area contributed by atoms with Crippen molar-refractivity contribution in [3.8, 4) is 0 Å². The Balaban J connectivity index is 2.18. The minimum atomic E-state index is -0.457. The molecule has 2 atom stereocenters. The number of hydrogen-bond acceptors (Lipinski definition) is 4. The summed E-state index contributed by atoms with van der Waals surface area (Å²) in [6.07, 6.45) is 0.102. The molecule has 6 heteroatoms. The first-order chi connectivity index (χ1) is 6.59. The third kappa shape index (κ3) is 3.31. The maximum Gasteiger partial charge on any atom is 0.237 e. The fraction of sp³-hybridized carbons (Fsp3) is 0.750. The fourth-order valence-electron chi connectivity index (χ4n) is 1.35. The Hall–Kier alpha value is -1.14. The lowest BCUT2D eigenvalue weighted by Gasteiger charge is -2.09. The molecule has 80 valence electrons. The number of carbonyl (C=O) groups is 2. The Morgan fingerprint density at radius 3 is 2.79 bits per heavy atom. The molecule has 6 nitrogen and oxygen atoms in total. The fourth-order valence-corrected chi connectivity index (χ4v) is 1.35. The molecule has 5 N–H and O–H groups in total. The molecule has 0 aromatic rings. The third-order valence-electron chi connectivity index (χ3n) is 2.09. The van der Waals surface area contributed by atoms with Crippen LogP contribution in [0.25, 0.3) is 0 Å². The normalized spacial score (nSPS) is 26.1. The first kappa shape index (κ1) is 10.9. The second-order valence-corrected chi connectivity index (χ2v) is 3.36. The van der Waals surface area contributed by atoms with Crippen molar-refractivity contribution in [2.45, 2.75) is 25.0 Å². The summed E-state index contributed by atoms with van der Waals surface area (Å²) in [5.74, 6) is -0.632. The number of β-amino-alcohol motifs (C(OH)–C–C–N with tert-alkyl or cyclic N) is 1. The van der Waals surface area contributed by atoms with Crippen LogP contribution >= 0.6 is 0 Å². The Morgan fingerprint density at radius 2 is 2.29 bits per heavy atom. The summed E-state index contributed by atoms with van der Waals surface area (Å²) in [5.41, 5.74) is 4.91. The number of aliphatic hydroxyl groups excluding tert-OH is 1. The van der Waals surface area contributed by atoms with Gasteiger partial charge in [0.15, 0.2) is 0 Å². The minimum absolute atomic E-state index is 0.140. The summed E-state index contributed by atoms with van der Waals surface area (Å²) < 4.78 is 0. The molecule has 0 radical (unpaired) electrons. The van der Waals surface area contributed by atoms with Crippen LogP contribution in [0.15, 0.2) is 0 Å². The molecule has 14 heavy (non-hydrogen) atoms.